The first kappa shape index (κ1) is 15.8. The molecule has 3 aromatic rings. The maximum Gasteiger partial charge on any atom is 0.121 e. The monoisotopic (exact) mass is 325 g/mol. The van der Waals surface area contributed by atoms with Crippen LogP contribution in [0.15, 0.2) is 54.6 Å². The molecule has 0 atom stereocenters. The van der Waals surface area contributed by atoms with Crippen molar-refractivity contribution in [3.8, 4) is 22.5 Å². The average molecular weight is 326 g/mol. The van der Waals surface area contributed by atoms with Gasteiger partial charge in [0.15, 0.2) is 0 Å². The summed E-state index contributed by atoms with van der Waals surface area (Å²) in [5, 5.41) is 10.2. The summed E-state index contributed by atoms with van der Waals surface area (Å²) in [4.78, 5) is 1.82. The lowest BCUT2D eigenvalue weighted by molar-refractivity contribution is 0.498. The van der Waals surface area contributed by atoms with Gasteiger partial charge in [0.2, 0.25) is 0 Å². The van der Waals surface area contributed by atoms with Crippen molar-refractivity contribution in [3.63, 3.8) is 0 Å². The molecule has 0 fully saturated rings. The van der Waals surface area contributed by atoms with Crippen molar-refractivity contribution in [2.24, 2.45) is 0 Å². The summed E-state index contributed by atoms with van der Waals surface area (Å²) in [5.74, 6) is 0. The topological polar surface area (TPSA) is 30.7 Å². The Kier molecular flexibility index (Phi) is 5.09. The van der Waals surface area contributed by atoms with Crippen LogP contribution in [0.5, 0.6) is 0 Å². The van der Waals surface area contributed by atoms with E-state index in [0.717, 1.165) is 40.5 Å². The second kappa shape index (κ2) is 7.42. The summed E-state index contributed by atoms with van der Waals surface area (Å²) >= 11 is 6.00. The van der Waals surface area contributed by atoms with Crippen molar-refractivity contribution in [3.05, 3.63) is 59.6 Å². The minimum atomic E-state index is 0.727. The van der Waals surface area contributed by atoms with Crippen molar-refractivity contribution in [1.29, 1.82) is 0 Å². The first-order chi connectivity index (χ1) is 11.3. The zero-order valence-corrected chi connectivity index (χ0v) is 14.0. The van der Waals surface area contributed by atoms with Gasteiger partial charge in [-0.1, -0.05) is 73.8 Å². The summed E-state index contributed by atoms with van der Waals surface area (Å²) < 4.78 is 0. The van der Waals surface area contributed by atoms with Crippen LogP contribution in [0.25, 0.3) is 22.5 Å². The minimum Gasteiger partial charge on any atom is -0.184 e. The molecule has 0 bridgehead atoms. The molecule has 0 saturated heterocycles. The highest BCUT2D eigenvalue weighted by molar-refractivity contribution is 6.30. The number of aromatic nitrogens is 3. The Morgan fingerprint density at radius 2 is 1.43 bits per heavy atom. The van der Waals surface area contributed by atoms with Gasteiger partial charge in [0.25, 0.3) is 0 Å². The summed E-state index contributed by atoms with van der Waals surface area (Å²) in [7, 11) is 0. The van der Waals surface area contributed by atoms with E-state index < -0.39 is 0 Å². The summed E-state index contributed by atoms with van der Waals surface area (Å²) in [6.45, 7) is 3.05. The van der Waals surface area contributed by atoms with Crippen LogP contribution in [0.1, 0.15) is 26.2 Å². The molecule has 0 radical (unpaired) electrons. The van der Waals surface area contributed by atoms with Crippen LogP contribution in [0.4, 0.5) is 0 Å². The fourth-order valence-electron chi connectivity index (χ4n) is 2.54. The fraction of sp³-hybridized carbons (Fsp3) is 0.263. The van der Waals surface area contributed by atoms with Crippen LogP contribution >= 0.6 is 11.6 Å². The zero-order valence-electron chi connectivity index (χ0n) is 13.2. The van der Waals surface area contributed by atoms with Gasteiger partial charge < -0.3 is 0 Å². The third-order valence-electron chi connectivity index (χ3n) is 3.78. The zero-order chi connectivity index (χ0) is 16.1. The molecule has 118 valence electrons. The standard InChI is InChI=1S/C19H20ClN3/c1-2-3-7-14-23-21-18(15-8-5-4-6-9-15)19(22-23)16-10-12-17(20)13-11-16/h4-6,8-13H,2-3,7,14H2,1H3. The highest BCUT2D eigenvalue weighted by Gasteiger charge is 2.14. The predicted octanol–water partition coefficient (Wildman–Crippen LogP) is 5.46. The number of hydrogen-bond donors (Lipinski definition) is 0. The minimum absolute atomic E-state index is 0.727. The smallest absolute Gasteiger partial charge is 0.121 e. The SMILES string of the molecule is CCCCCn1nc(-c2ccccc2)c(-c2ccc(Cl)cc2)n1. The molecule has 0 aliphatic carbocycles. The molecular formula is C19H20ClN3. The van der Waals surface area contributed by atoms with Gasteiger partial charge >= 0.3 is 0 Å². The van der Waals surface area contributed by atoms with E-state index in [2.05, 4.69) is 19.1 Å². The number of rotatable bonds is 6. The number of hydrogen-bond acceptors (Lipinski definition) is 2. The molecule has 0 saturated carbocycles. The Balaban J connectivity index is 2.00. The quantitative estimate of drug-likeness (QED) is 0.564. The Morgan fingerprint density at radius 1 is 0.826 bits per heavy atom. The maximum atomic E-state index is 6.00. The Hall–Kier alpha value is -2.13. The Morgan fingerprint density at radius 3 is 2.04 bits per heavy atom. The molecule has 1 heterocycles. The van der Waals surface area contributed by atoms with Gasteiger partial charge in [-0.15, -0.1) is 0 Å². The highest BCUT2D eigenvalue weighted by Crippen LogP contribution is 2.29. The first-order valence-electron chi connectivity index (χ1n) is 8.04. The normalized spacial score (nSPS) is 10.9. The van der Waals surface area contributed by atoms with Crippen molar-refractivity contribution >= 4 is 11.6 Å². The number of benzene rings is 2. The summed E-state index contributed by atoms with van der Waals surface area (Å²) in [6, 6.07) is 18.0. The van der Waals surface area contributed by atoms with E-state index in [9.17, 15) is 0 Å². The van der Waals surface area contributed by atoms with Crippen molar-refractivity contribution < 1.29 is 0 Å². The van der Waals surface area contributed by atoms with Crippen LogP contribution in [0.3, 0.4) is 0 Å². The summed E-state index contributed by atoms with van der Waals surface area (Å²) in [6.07, 6.45) is 3.48. The first-order valence-corrected chi connectivity index (χ1v) is 8.42. The van der Waals surface area contributed by atoms with Crippen LogP contribution in [-0.4, -0.2) is 15.0 Å². The highest BCUT2D eigenvalue weighted by atomic mass is 35.5. The molecule has 4 heteroatoms. The molecule has 0 N–H and O–H groups in total. The number of nitrogens with zero attached hydrogens (tertiary/aromatic N) is 3. The third-order valence-corrected chi connectivity index (χ3v) is 4.03. The summed E-state index contributed by atoms with van der Waals surface area (Å²) in [5.41, 5.74) is 3.95. The van der Waals surface area contributed by atoms with Crippen LogP contribution in [0.2, 0.25) is 5.02 Å². The van der Waals surface area contributed by atoms with E-state index in [1.807, 2.05) is 47.3 Å². The molecule has 0 aliphatic rings. The predicted molar refractivity (Wildman–Crippen MR) is 95.4 cm³/mol. The third kappa shape index (κ3) is 3.80. The molecule has 2 aromatic carbocycles. The second-order valence-electron chi connectivity index (χ2n) is 5.57. The van der Waals surface area contributed by atoms with Crippen LogP contribution < -0.4 is 0 Å². The van der Waals surface area contributed by atoms with E-state index in [-0.39, 0.29) is 0 Å². The van der Waals surface area contributed by atoms with E-state index in [4.69, 9.17) is 21.8 Å². The molecular weight excluding hydrogens is 306 g/mol. The van der Waals surface area contributed by atoms with Gasteiger partial charge in [-0.3, -0.25) is 0 Å². The Labute approximate surface area is 141 Å². The molecule has 0 aliphatic heterocycles. The van der Waals surface area contributed by atoms with Gasteiger partial charge in [-0.2, -0.15) is 15.0 Å². The van der Waals surface area contributed by atoms with Crippen molar-refractivity contribution in [2.45, 2.75) is 32.7 Å². The van der Waals surface area contributed by atoms with Gasteiger partial charge in [0.05, 0.1) is 6.54 Å². The number of halogens is 1. The lowest BCUT2D eigenvalue weighted by atomic mass is 10.1. The molecule has 3 nitrogen and oxygen atoms in total. The molecule has 23 heavy (non-hydrogen) atoms. The van der Waals surface area contributed by atoms with Crippen molar-refractivity contribution in [1.82, 2.24) is 15.0 Å². The van der Waals surface area contributed by atoms with Gasteiger partial charge in [-0.25, -0.2) is 0 Å². The van der Waals surface area contributed by atoms with E-state index in [1.54, 1.807) is 0 Å². The van der Waals surface area contributed by atoms with Crippen molar-refractivity contribution in [2.75, 3.05) is 0 Å². The maximum absolute atomic E-state index is 6.00. The molecule has 0 amide bonds. The lowest BCUT2D eigenvalue weighted by Gasteiger charge is -2.01. The molecule has 1 aromatic heterocycles. The number of aryl methyl sites for hydroxylation is 1. The molecule has 0 unspecified atom stereocenters. The van der Waals surface area contributed by atoms with Crippen LogP contribution in [-0.2, 0) is 6.54 Å². The van der Waals surface area contributed by atoms with E-state index >= 15 is 0 Å². The molecule has 0 spiro atoms. The van der Waals surface area contributed by atoms with Crippen LogP contribution in [0, 0.1) is 0 Å². The van der Waals surface area contributed by atoms with Gasteiger partial charge in [-0.05, 0) is 18.6 Å². The Bertz CT molecular complexity index is 748. The van der Waals surface area contributed by atoms with E-state index in [1.165, 1.54) is 12.8 Å². The van der Waals surface area contributed by atoms with E-state index in [0.29, 0.717) is 0 Å². The average Bonchev–Trinajstić information content (AvgIpc) is 3.01. The largest absolute Gasteiger partial charge is 0.184 e. The van der Waals surface area contributed by atoms with Gasteiger partial charge in [0, 0.05) is 16.1 Å². The molecule has 3 rings (SSSR count). The number of unbranched alkanes of at least 4 members (excludes halogenated alkanes) is 2. The fourth-order valence-corrected chi connectivity index (χ4v) is 2.67. The second-order valence-corrected chi connectivity index (χ2v) is 6.01. The lowest BCUT2D eigenvalue weighted by Crippen LogP contribution is -2.02. The van der Waals surface area contributed by atoms with Gasteiger partial charge in [0.1, 0.15) is 11.4 Å².